The summed E-state index contributed by atoms with van der Waals surface area (Å²) in [6, 6.07) is 0. The van der Waals surface area contributed by atoms with Crippen LogP contribution in [0.5, 0.6) is 0 Å². The first kappa shape index (κ1) is 10.3. The van der Waals surface area contributed by atoms with Crippen molar-refractivity contribution in [3.63, 3.8) is 0 Å². The van der Waals surface area contributed by atoms with Gasteiger partial charge in [-0.3, -0.25) is 0 Å². The Balaban J connectivity index is 2.12. The zero-order valence-electron chi connectivity index (χ0n) is 8.43. The maximum Gasteiger partial charge on any atom is 0.211 e. The number of hydrogen-bond donors (Lipinski definition) is 1. The fourth-order valence-electron chi connectivity index (χ4n) is 1.72. The first-order valence-electron chi connectivity index (χ1n) is 5.09. The van der Waals surface area contributed by atoms with Crippen molar-refractivity contribution >= 4 is 22.9 Å². The summed E-state index contributed by atoms with van der Waals surface area (Å²) in [6.45, 7) is -0.0595. The number of nitrogens with zero attached hydrogens (tertiary/aromatic N) is 3. The second kappa shape index (κ2) is 3.84. The van der Waals surface area contributed by atoms with Crippen molar-refractivity contribution in [2.24, 2.45) is 0 Å². The summed E-state index contributed by atoms with van der Waals surface area (Å²) in [5, 5.41) is 16.9. The highest BCUT2D eigenvalue weighted by Crippen LogP contribution is 2.43. The van der Waals surface area contributed by atoms with Crippen molar-refractivity contribution in [3.8, 4) is 5.13 Å². The number of aliphatic hydroxyl groups excluding tert-OH is 1. The van der Waals surface area contributed by atoms with E-state index in [0.717, 1.165) is 29.2 Å². The molecule has 0 amide bonds. The molecule has 1 fully saturated rings. The highest BCUT2D eigenvalue weighted by Gasteiger charge is 2.31. The maximum absolute atomic E-state index is 9.33. The van der Waals surface area contributed by atoms with Gasteiger partial charge in [0.05, 0.1) is 12.3 Å². The summed E-state index contributed by atoms with van der Waals surface area (Å²) in [6.07, 6.45) is 3.99. The number of rotatable bonds is 3. The molecule has 6 heteroatoms. The van der Waals surface area contributed by atoms with Crippen molar-refractivity contribution < 1.29 is 5.11 Å². The first-order chi connectivity index (χ1) is 7.81. The molecule has 0 unspecified atom stereocenters. The molecular formula is C10H10ClN3OS. The van der Waals surface area contributed by atoms with E-state index in [-0.39, 0.29) is 6.61 Å². The third-order valence-corrected chi connectivity index (χ3v) is 3.81. The maximum atomic E-state index is 9.33. The SMILES string of the molecule is OCc1c(C2CC2)nn(-c2nccs2)c1Cl. The molecule has 0 saturated heterocycles. The van der Waals surface area contributed by atoms with Crippen LogP contribution in [0.3, 0.4) is 0 Å². The zero-order valence-corrected chi connectivity index (χ0v) is 10.0. The van der Waals surface area contributed by atoms with E-state index in [1.54, 1.807) is 10.9 Å². The van der Waals surface area contributed by atoms with Gasteiger partial charge in [-0.05, 0) is 12.8 Å². The molecular weight excluding hydrogens is 246 g/mol. The Morgan fingerprint density at radius 2 is 2.38 bits per heavy atom. The van der Waals surface area contributed by atoms with Crippen LogP contribution in [-0.4, -0.2) is 19.9 Å². The Labute approximate surface area is 102 Å². The molecule has 2 heterocycles. The van der Waals surface area contributed by atoms with Gasteiger partial charge in [0.25, 0.3) is 0 Å². The minimum Gasteiger partial charge on any atom is -0.391 e. The second-order valence-electron chi connectivity index (χ2n) is 3.81. The predicted molar refractivity (Wildman–Crippen MR) is 62.1 cm³/mol. The van der Waals surface area contributed by atoms with Crippen molar-refractivity contribution in [1.29, 1.82) is 0 Å². The lowest BCUT2D eigenvalue weighted by atomic mass is 10.2. The lowest BCUT2D eigenvalue weighted by molar-refractivity contribution is 0.280. The van der Waals surface area contributed by atoms with Crippen LogP contribution in [-0.2, 0) is 6.61 Å². The standard InChI is InChI=1S/C10H10ClN3OS/c11-9-7(5-15)8(6-1-2-6)13-14(9)10-12-3-4-16-10/h3-4,6,15H,1-2,5H2. The normalized spacial score (nSPS) is 15.6. The molecule has 2 aromatic heterocycles. The van der Waals surface area contributed by atoms with E-state index in [0.29, 0.717) is 11.1 Å². The molecule has 84 valence electrons. The summed E-state index contributed by atoms with van der Waals surface area (Å²) < 4.78 is 1.62. The van der Waals surface area contributed by atoms with Crippen LogP contribution in [0.2, 0.25) is 5.15 Å². The summed E-state index contributed by atoms with van der Waals surface area (Å²) in [5.74, 6) is 0.473. The Hall–Kier alpha value is -0.910. The lowest BCUT2D eigenvalue weighted by Gasteiger charge is -1.96. The minimum atomic E-state index is -0.0595. The smallest absolute Gasteiger partial charge is 0.211 e. The monoisotopic (exact) mass is 255 g/mol. The van der Waals surface area contributed by atoms with Crippen LogP contribution in [0.1, 0.15) is 30.0 Å². The molecule has 4 nitrogen and oxygen atoms in total. The average molecular weight is 256 g/mol. The quantitative estimate of drug-likeness (QED) is 0.916. The molecule has 1 saturated carbocycles. The van der Waals surface area contributed by atoms with Gasteiger partial charge in [-0.1, -0.05) is 11.6 Å². The molecule has 0 aliphatic heterocycles. The Kier molecular flexibility index (Phi) is 2.46. The molecule has 2 aromatic rings. The molecule has 3 rings (SSSR count). The van der Waals surface area contributed by atoms with Gasteiger partial charge in [-0.15, -0.1) is 11.3 Å². The highest BCUT2D eigenvalue weighted by molar-refractivity contribution is 7.12. The Bertz CT molecular complexity index is 504. The van der Waals surface area contributed by atoms with Crippen molar-refractivity contribution in [2.45, 2.75) is 25.4 Å². The number of hydrogen-bond acceptors (Lipinski definition) is 4. The van der Waals surface area contributed by atoms with E-state index < -0.39 is 0 Å². The number of halogens is 1. The molecule has 0 atom stereocenters. The van der Waals surface area contributed by atoms with Crippen LogP contribution >= 0.6 is 22.9 Å². The van der Waals surface area contributed by atoms with E-state index in [1.807, 2.05) is 5.38 Å². The van der Waals surface area contributed by atoms with E-state index >= 15 is 0 Å². The molecule has 1 aliphatic rings. The van der Waals surface area contributed by atoms with Gasteiger partial charge >= 0.3 is 0 Å². The summed E-state index contributed by atoms with van der Waals surface area (Å²) >= 11 is 7.68. The average Bonchev–Trinajstić information content (AvgIpc) is 2.88. The molecule has 0 bridgehead atoms. The topological polar surface area (TPSA) is 50.9 Å². The Morgan fingerprint density at radius 3 is 2.94 bits per heavy atom. The van der Waals surface area contributed by atoms with Gasteiger partial charge < -0.3 is 5.11 Å². The summed E-state index contributed by atoms with van der Waals surface area (Å²) in [5.41, 5.74) is 1.68. The molecule has 0 aromatic carbocycles. The van der Waals surface area contributed by atoms with Crippen molar-refractivity contribution in [3.05, 3.63) is 28.0 Å². The van der Waals surface area contributed by atoms with Gasteiger partial charge in [-0.25, -0.2) is 4.98 Å². The Morgan fingerprint density at radius 1 is 1.56 bits per heavy atom. The van der Waals surface area contributed by atoms with E-state index in [4.69, 9.17) is 11.6 Å². The van der Waals surface area contributed by atoms with Gasteiger partial charge in [0.1, 0.15) is 5.15 Å². The van der Waals surface area contributed by atoms with Crippen molar-refractivity contribution in [1.82, 2.24) is 14.8 Å². The van der Waals surface area contributed by atoms with Crippen LogP contribution in [0, 0.1) is 0 Å². The van der Waals surface area contributed by atoms with Gasteiger partial charge in [0, 0.05) is 23.1 Å². The third-order valence-electron chi connectivity index (χ3n) is 2.67. The molecule has 16 heavy (non-hydrogen) atoms. The largest absolute Gasteiger partial charge is 0.391 e. The van der Waals surface area contributed by atoms with Crippen LogP contribution in [0.25, 0.3) is 5.13 Å². The van der Waals surface area contributed by atoms with Crippen LogP contribution in [0.15, 0.2) is 11.6 Å². The lowest BCUT2D eigenvalue weighted by Crippen LogP contribution is -1.95. The first-order valence-corrected chi connectivity index (χ1v) is 6.35. The van der Waals surface area contributed by atoms with E-state index in [1.165, 1.54) is 11.3 Å². The summed E-state index contributed by atoms with van der Waals surface area (Å²) in [7, 11) is 0. The summed E-state index contributed by atoms with van der Waals surface area (Å²) in [4.78, 5) is 4.17. The third kappa shape index (κ3) is 1.55. The van der Waals surface area contributed by atoms with Gasteiger partial charge in [0.15, 0.2) is 0 Å². The van der Waals surface area contributed by atoms with E-state index in [2.05, 4.69) is 10.1 Å². The molecule has 0 radical (unpaired) electrons. The molecule has 0 spiro atoms. The van der Waals surface area contributed by atoms with Gasteiger partial charge in [-0.2, -0.15) is 9.78 Å². The fraction of sp³-hybridized carbons (Fsp3) is 0.400. The molecule has 1 N–H and O–H groups in total. The van der Waals surface area contributed by atoms with E-state index in [9.17, 15) is 5.11 Å². The number of aromatic nitrogens is 3. The number of aliphatic hydroxyl groups is 1. The predicted octanol–water partition coefficient (Wildman–Crippen LogP) is 2.35. The fourth-order valence-corrected chi connectivity index (χ4v) is 2.65. The highest BCUT2D eigenvalue weighted by atomic mass is 35.5. The second-order valence-corrected chi connectivity index (χ2v) is 5.04. The molecule has 1 aliphatic carbocycles. The van der Waals surface area contributed by atoms with Crippen LogP contribution < -0.4 is 0 Å². The number of thiazole rings is 1. The van der Waals surface area contributed by atoms with Gasteiger partial charge in [0.2, 0.25) is 5.13 Å². The van der Waals surface area contributed by atoms with Crippen molar-refractivity contribution in [2.75, 3.05) is 0 Å². The minimum absolute atomic E-state index is 0.0595. The van der Waals surface area contributed by atoms with Crippen LogP contribution in [0.4, 0.5) is 0 Å². The zero-order chi connectivity index (χ0) is 11.1.